The summed E-state index contributed by atoms with van der Waals surface area (Å²) in [5, 5.41) is 18.7. The predicted octanol–water partition coefficient (Wildman–Crippen LogP) is 0.728. The van der Waals surface area contributed by atoms with E-state index in [0.29, 0.717) is 13.0 Å². The van der Waals surface area contributed by atoms with Gasteiger partial charge in [0.15, 0.2) is 0 Å². The van der Waals surface area contributed by atoms with Gasteiger partial charge in [-0.3, -0.25) is 4.79 Å². The van der Waals surface area contributed by atoms with Gasteiger partial charge in [0.2, 0.25) is 5.91 Å². The van der Waals surface area contributed by atoms with E-state index in [0.717, 1.165) is 18.4 Å². The Morgan fingerprint density at radius 3 is 2.62 bits per heavy atom. The molecule has 1 fully saturated rings. The van der Waals surface area contributed by atoms with Gasteiger partial charge in [0.25, 0.3) is 0 Å². The minimum absolute atomic E-state index is 0.124. The van der Waals surface area contributed by atoms with Crippen molar-refractivity contribution >= 4 is 11.9 Å². The quantitative estimate of drug-likeness (QED) is 0.759. The van der Waals surface area contributed by atoms with E-state index in [1.807, 2.05) is 0 Å². The number of likely N-dealkylation sites (tertiary alicyclic amines) is 1. The predicted molar refractivity (Wildman–Crippen MR) is 76.8 cm³/mol. The Bertz CT molecular complexity index is 515. The van der Waals surface area contributed by atoms with Crippen LogP contribution in [-0.2, 0) is 16.0 Å². The molecule has 0 radical (unpaired) electrons. The van der Waals surface area contributed by atoms with Crippen molar-refractivity contribution in [3.8, 4) is 5.75 Å². The van der Waals surface area contributed by atoms with Crippen LogP contribution in [0.5, 0.6) is 5.75 Å². The SMILES string of the molecule is N[C@H]1CCCCN(C(Cc2ccc(O)cc2)C(=O)O)C1=O. The first-order valence-corrected chi connectivity index (χ1v) is 7.06. The number of hydrogen-bond donors (Lipinski definition) is 3. The van der Waals surface area contributed by atoms with E-state index in [-0.39, 0.29) is 18.1 Å². The number of carboxylic acid groups (broad SMARTS) is 1. The molecule has 1 aromatic rings. The summed E-state index contributed by atoms with van der Waals surface area (Å²) in [5.41, 5.74) is 6.56. The van der Waals surface area contributed by atoms with Gasteiger partial charge in [0.1, 0.15) is 11.8 Å². The standard InChI is InChI=1S/C15H20N2O4/c16-12-3-1-2-8-17(14(12)19)13(15(20)21)9-10-4-6-11(18)7-5-10/h4-7,12-13,18H,1-3,8-9,16H2,(H,20,21)/t12-,13?/m0/s1. The van der Waals surface area contributed by atoms with Gasteiger partial charge in [-0.05, 0) is 37.0 Å². The summed E-state index contributed by atoms with van der Waals surface area (Å²) in [6, 6.07) is 4.79. The fraction of sp³-hybridized carbons (Fsp3) is 0.467. The van der Waals surface area contributed by atoms with Crippen molar-refractivity contribution in [3.05, 3.63) is 29.8 Å². The fourth-order valence-corrected chi connectivity index (χ4v) is 2.59. The van der Waals surface area contributed by atoms with E-state index < -0.39 is 18.1 Å². The van der Waals surface area contributed by atoms with E-state index in [4.69, 9.17) is 5.73 Å². The highest BCUT2D eigenvalue weighted by Crippen LogP contribution is 2.18. The third kappa shape index (κ3) is 3.72. The molecule has 21 heavy (non-hydrogen) atoms. The summed E-state index contributed by atoms with van der Waals surface area (Å²) in [6.07, 6.45) is 2.39. The Kier molecular flexibility index (Phi) is 4.80. The molecule has 1 saturated heterocycles. The van der Waals surface area contributed by atoms with Gasteiger partial charge < -0.3 is 20.8 Å². The van der Waals surface area contributed by atoms with Gasteiger partial charge in [-0.15, -0.1) is 0 Å². The monoisotopic (exact) mass is 292 g/mol. The smallest absolute Gasteiger partial charge is 0.326 e. The first-order valence-electron chi connectivity index (χ1n) is 7.06. The minimum Gasteiger partial charge on any atom is -0.508 e. The van der Waals surface area contributed by atoms with Crippen molar-refractivity contribution in [3.63, 3.8) is 0 Å². The largest absolute Gasteiger partial charge is 0.508 e. The van der Waals surface area contributed by atoms with E-state index >= 15 is 0 Å². The molecule has 1 unspecified atom stereocenters. The molecule has 1 aliphatic rings. The lowest BCUT2D eigenvalue weighted by Gasteiger charge is -2.29. The summed E-state index contributed by atoms with van der Waals surface area (Å²) < 4.78 is 0. The van der Waals surface area contributed by atoms with Gasteiger partial charge in [0, 0.05) is 13.0 Å². The molecule has 1 aromatic carbocycles. The van der Waals surface area contributed by atoms with Crippen LogP contribution in [0.4, 0.5) is 0 Å². The van der Waals surface area contributed by atoms with Gasteiger partial charge in [-0.25, -0.2) is 4.79 Å². The fourth-order valence-electron chi connectivity index (χ4n) is 2.59. The number of benzene rings is 1. The molecule has 114 valence electrons. The Morgan fingerprint density at radius 2 is 2.00 bits per heavy atom. The van der Waals surface area contributed by atoms with Gasteiger partial charge in [-0.1, -0.05) is 12.1 Å². The average Bonchev–Trinajstić information content (AvgIpc) is 2.61. The zero-order chi connectivity index (χ0) is 15.4. The summed E-state index contributed by atoms with van der Waals surface area (Å²) >= 11 is 0. The van der Waals surface area contributed by atoms with Crippen molar-refractivity contribution in [1.29, 1.82) is 0 Å². The number of carboxylic acids is 1. The maximum absolute atomic E-state index is 12.2. The van der Waals surface area contributed by atoms with Crippen LogP contribution >= 0.6 is 0 Å². The molecule has 0 saturated carbocycles. The van der Waals surface area contributed by atoms with Gasteiger partial charge in [0.05, 0.1) is 6.04 Å². The molecule has 2 rings (SSSR count). The number of aliphatic carboxylic acids is 1. The molecule has 0 spiro atoms. The second-order valence-corrected chi connectivity index (χ2v) is 5.36. The molecule has 6 heteroatoms. The number of nitrogens with two attached hydrogens (primary N) is 1. The van der Waals surface area contributed by atoms with Crippen LogP contribution in [0.1, 0.15) is 24.8 Å². The Morgan fingerprint density at radius 1 is 1.33 bits per heavy atom. The highest BCUT2D eigenvalue weighted by Gasteiger charge is 2.33. The lowest BCUT2D eigenvalue weighted by Crippen LogP contribution is -2.51. The third-order valence-corrected chi connectivity index (χ3v) is 3.79. The van der Waals surface area contributed by atoms with E-state index in [9.17, 15) is 19.8 Å². The van der Waals surface area contributed by atoms with Crippen molar-refractivity contribution in [2.45, 2.75) is 37.8 Å². The molecule has 4 N–H and O–H groups in total. The lowest BCUT2D eigenvalue weighted by molar-refractivity contribution is -0.150. The molecule has 1 heterocycles. The Balaban J connectivity index is 2.19. The van der Waals surface area contributed by atoms with Gasteiger partial charge >= 0.3 is 5.97 Å². The lowest BCUT2D eigenvalue weighted by atomic mass is 10.0. The molecule has 1 aliphatic heterocycles. The third-order valence-electron chi connectivity index (χ3n) is 3.79. The first kappa shape index (κ1) is 15.3. The van der Waals surface area contributed by atoms with Crippen LogP contribution in [0.3, 0.4) is 0 Å². The van der Waals surface area contributed by atoms with E-state index in [1.165, 1.54) is 17.0 Å². The van der Waals surface area contributed by atoms with Crippen molar-refractivity contribution in [2.75, 3.05) is 6.54 Å². The Labute approximate surface area is 123 Å². The van der Waals surface area contributed by atoms with Crippen LogP contribution in [0.2, 0.25) is 0 Å². The number of rotatable bonds is 4. The van der Waals surface area contributed by atoms with Crippen LogP contribution in [0, 0.1) is 0 Å². The summed E-state index contributed by atoms with van der Waals surface area (Å²) in [4.78, 5) is 25.2. The number of carbonyl (C=O) groups excluding carboxylic acids is 1. The molecule has 6 nitrogen and oxygen atoms in total. The number of carbonyl (C=O) groups is 2. The topological polar surface area (TPSA) is 104 Å². The highest BCUT2D eigenvalue weighted by atomic mass is 16.4. The molecular formula is C15H20N2O4. The second kappa shape index (κ2) is 6.58. The van der Waals surface area contributed by atoms with Crippen LogP contribution in [-0.4, -0.2) is 45.6 Å². The first-order chi connectivity index (χ1) is 9.99. The molecule has 0 bridgehead atoms. The van der Waals surface area contributed by atoms with Crippen LogP contribution in [0.25, 0.3) is 0 Å². The molecular weight excluding hydrogens is 272 g/mol. The number of phenols is 1. The zero-order valence-corrected chi connectivity index (χ0v) is 11.7. The Hall–Kier alpha value is -2.08. The van der Waals surface area contributed by atoms with Crippen molar-refractivity contribution in [2.24, 2.45) is 5.73 Å². The number of hydrogen-bond acceptors (Lipinski definition) is 4. The van der Waals surface area contributed by atoms with Crippen molar-refractivity contribution < 1.29 is 19.8 Å². The molecule has 0 aliphatic carbocycles. The maximum Gasteiger partial charge on any atom is 0.326 e. The number of amides is 1. The minimum atomic E-state index is -1.04. The summed E-state index contributed by atoms with van der Waals surface area (Å²) in [7, 11) is 0. The number of aromatic hydroxyl groups is 1. The normalized spacial score (nSPS) is 20.9. The highest BCUT2D eigenvalue weighted by molar-refractivity contribution is 5.87. The van der Waals surface area contributed by atoms with Crippen LogP contribution in [0.15, 0.2) is 24.3 Å². The summed E-state index contributed by atoms with van der Waals surface area (Å²) in [6.45, 7) is 0.418. The zero-order valence-electron chi connectivity index (χ0n) is 11.7. The number of phenolic OH excluding ortho intramolecular Hbond substituents is 1. The van der Waals surface area contributed by atoms with E-state index in [2.05, 4.69) is 0 Å². The summed E-state index contributed by atoms with van der Waals surface area (Å²) in [5.74, 6) is -1.21. The van der Waals surface area contributed by atoms with Crippen LogP contribution < -0.4 is 5.73 Å². The molecule has 0 aromatic heterocycles. The average molecular weight is 292 g/mol. The van der Waals surface area contributed by atoms with Gasteiger partial charge in [-0.2, -0.15) is 0 Å². The van der Waals surface area contributed by atoms with E-state index in [1.54, 1.807) is 12.1 Å². The second-order valence-electron chi connectivity index (χ2n) is 5.36. The van der Waals surface area contributed by atoms with Crippen molar-refractivity contribution in [1.82, 2.24) is 4.90 Å². The molecule has 2 atom stereocenters. The maximum atomic E-state index is 12.2. The number of nitrogens with zero attached hydrogens (tertiary/aromatic N) is 1. The molecule has 1 amide bonds.